The Morgan fingerprint density at radius 1 is 1.20 bits per heavy atom. The number of carbonyl (C=O) groups is 1. The van der Waals surface area contributed by atoms with E-state index >= 15 is 0 Å². The lowest BCUT2D eigenvalue weighted by atomic mass is 9.93. The minimum atomic E-state index is -3.69. The van der Waals surface area contributed by atoms with E-state index in [9.17, 15) is 13.2 Å². The molecule has 1 aromatic carbocycles. The van der Waals surface area contributed by atoms with Gasteiger partial charge in [-0.15, -0.1) is 0 Å². The molecule has 20 heavy (non-hydrogen) atoms. The molecule has 0 unspecified atom stereocenters. The summed E-state index contributed by atoms with van der Waals surface area (Å²) in [6, 6.07) is 6.03. The Balaban J connectivity index is 2.70. The fraction of sp³-hybridized carbons (Fsp3) is 0.462. The van der Waals surface area contributed by atoms with Crippen LogP contribution in [0, 0.1) is 0 Å². The molecular weight excluding hydrogens is 278 g/mol. The highest BCUT2D eigenvalue weighted by Crippen LogP contribution is 2.12. The third-order valence-electron chi connectivity index (χ3n) is 3.42. The van der Waals surface area contributed by atoms with Crippen molar-refractivity contribution in [2.75, 3.05) is 0 Å². The quantitative estimate of drug-likeness (QED) is 0.708. The van der Waals surface area contributed by atoms with Gasteiger partial charge < -0.3 is 11.1 Å². The number of hydrogen-bond donors (Lipinski definition) is 3. The first-order valence-corrected chi connectivity index (χ1v) is 7.96. The minimum Gasteiger partial charge on any atom is -0.350 e. The molecule has 0 aliphatic carbocycles. The summed E-state index contributed by atoms with van der Waals surface area (Å²) in [7, 11) is -3.69. The van der Waals surface area contributed by atoms with Gasteiger partial charge in [0.05, 0.1) is 10.4 Å². The fourth-order valence-electron chi connectivity index (χ4n) is 1.73. The van der Waals surface area contributed by atoms with Crippen LogP contribution in [0.2, 0.25) is 0 Å². The van der Waals surface area contributed by atoms with Crippen LogP contribution in [0.4, 0.5) is 0 Å². The van der Waals surface area contributed by atoms with Crippen molar-refractivity contribution >= 4 is 15.9 Å². The normalized spacial score (nSPS) is 12.2. The van der Waals surface area contributed by atoms with E-state index in [0.29, 0.717) is 19.4 Å². The molecule has 0 saturated carbocycles. The highest BCUT2D eigenvalue weighted by atomic mass is 32.2. The van der Waals surface area contributed by atoms with E-state index in [1.54, 1.807) is 12.1 Å². The van der Waals surface area contributed by atoms with Crippen LogP contribution in [0.15, 0.2) is 29.2 Å². The van der Waals surface area contributed by atoms with Gasteiger partial charge in [-0.1, -0.05) is 26.0 Å². The van der Waals surface area contributed by atoms with Gasteiger partial charge in [-0.25, -0.2) is 13.6 Å². The molecular formula is C13H21N3O3S. The fourth-order valence-corrected chi connectivity index (χ4v) is 2.24. The number of nitrogens with one attached hydrogen (secondary N) is 1. The number of carbonyl (C=O) groups excluding carboxylic acids is 1. The van der Waals surface area contributed by atoms with Gasteiger partial charge in [0.1, 0.15) is 0 Å². The number of hydrogen-bond acceptors (Lipinski definition) is 4. The molecule has 7 heteroatoms. The first kappa shape index (κ1) is 16.6. The van der Waals surface area contributed by atoms with E-state index < -0.39 is 15.6 Å². The van der Waals surface area contributed by atoms with Crippen LogP contribution < -0.4 is 16.2 Å². The van der Waals surface area contributed by atoms with Crippen LogP contribution in [0.1, 0.15) is 32.3 Å². The SMILES string of the molecule is CCC(N)(CC)C(=O)NCc1ccc(S(N)(=O)=O)cc1. The molecule has 0 spiro atoms. The molecule has 0 aliphatic rings. The van der Waals surface area contributed by atoms with E-state index in [1.807, 2.05) is 13.8 Å². The number of rotatable bonds is 6. The molecule has 0 radical (unpaired) electrons. The standard InChI is InChI=1S/C13H21N3O3S/c1-3-13(14,4-2)12(17)16-9-10-5-7-11(8-6-10)20(15,18)19/h5-8H,3-4,9,14H2,1-2H3,(H,16,17)(H2,15,18,19). The summed E-state index contributed by atoms with van der Waals surface area (Å²) in [4.78, 5) is 12.0. The maximum absolute atomic E-state index is 12.0. The highest BCUT2D eigenvalue weighted by molar-refractivity contribution is 7.89. The summed E-state index contributed by atoms with van der Waals surface area (Å²) in [6.45, 7) is 4.02. The Morgan fingerprint density at radius 2 is 1.70 bits per heavy atom. The Morgan fingerprint density at radius 3 is 2.10 bits per heavy atom. The lowest BCUT2D eigenvalue weighted by molar-refractivity contribution is -0.126. The zero-order valence-corrected chi connectivity index (χ0v) is 12.5. The molecule has 0 fully saturated rings. The molecule has 0 heterocycles. The third kappa shape index (κ3) is 4.03. The zero-order valence-electron chi connectivity index (χ0n) is 11.7. The molecule has 6 nitrogen and oxygen atoms in total. The number of amides is 1. The van der Waals surface area contributed by atoms with Gasteiger partial charge >= 0.3 is 0 Å². The van der Waals surface area contributed by atoms with E-state index in [0.717, 1.165) is 5.56 Å². The summed E-state index contributed by atoms with van der Waals surface area (Å²) in [5, 5.41) is 7.76. The van der Waals surface area contributed by atoms with Crippen molar-refractivity contribution in [1.82, 2.24) is 5.32 Å². The van der Waals surface area contributed by atoms with Crippen molar-refractivity contribution in [2.24, 2.45) is 10.9 Å². The molecule has 5 N–H and O–H groups in total. The van der Waals surface area contributed by atoms with Crippen molar-refractivity contribution in [2.45, 2.75) is 43.7 Å². The van der Waals surface area contributed by atoms with E-state index in [1.165, 1.54) is 12.1 Å². The Labute approximate surface area is 119 Å². The van der Waals surface area contributed by atoms with Gasteiger partial charge in [0, 0.05) is 6.54 Å². The van der Waals surface area contributed by atoms with Gasteiger partial charge in [-0.3, -0.25) is 4.79 Å². The van der Waals surface area contributed by atoms with E-state index in [2.05, 4.69) is 5.32 Å². The molecule has 1 amide bonds. The lowest BCUT2D eigenvalue weighted by Crippen LogP contribution is -2.52. The Kier molecular flexibility index (Phi) is 5.27. The maximum atomic E-state index is 12.0. The summed E-state index contributed by atoms with van der Waals surface area (Å²) in [5.41, 5.74) is 5.90. The van der Waals surface area contributed by atoms with Crippen LogP contribution >= 0.6 is 0 Å². The summed E-state index contributed by atoms with van der Waals surface area (Å²) in [5.74, 6) is -0.210. The Hall–Kier alpha value is -1.44. The first-order valence-electron chi connectivity index (χ1n) is 6.42. The average molecular weight is 299 g/mol. The Bertz CT molecular complexity index is 563. The predicted octanol–water partition coefficient (Wildman–Crippen LogP) is 0.468. The van der Waals surface area contributed by atoms with E-state index in [-0.39, 0.29) is 10.8 Å². The monoisotopic (exact) mass is 299 g/mol. The molecule has 0 aromatic heterocycles. The number of benzene rings is 1. The van der Waals surface area contributed by atoms with Crippen molar-refractivity contribution in [3.05, 3.63) is 29.8 Å². The molecule has 0 saturated heterocycles. The number of nitrogens with two attached hydrogens (primary N) is 2. The van der Waals surface area contributed by atoms with Crippen LogP contribution in [-0.2, 0) is 21.4 Å². The lowest BCUT2D eigenvalue weighted by Gasteiger charge is -2.25. The molecule has 1 rings (SSSR count). The van der Waals surface area contributed by atoms with Crippen molar-refractivity contribution in [3.63, 3.8) is 0 Å². The second-order valence-electron chi connectivity index (χ2n) is 4.73. The first-order chi connectivity index (χ1) is 9.23. The van der Waals surface area contributed by atoms with Crippen LogP contribution in [0.3, 0.4) is 0 Å². The van der Waals surface area contributed by atoms with Gasteiger partial charge in [0.15, 0.2) is 0 Å². The largest absolute Gasteiger partial charge is 0.350 e. The topological polar surface area (TPSA) is 115 Å². The molecule has 0 atom stereocenters. The molecule has 1 aromatic rings. The van der Waals surface area contributed by atoms with Gasteiger partial charge in [0.2, 0.25) is 15.9 Å². The van der Waals surface area contributed by atoms with E-state index in [4.69, 9.17) is 10.9 Å². The molecule has 0 bridgehead atoms. The van der Waals surface area contributed by atoms with Crippen LogP contribution in [0.5, 0.6) is 0 Å². The summed E-state index contributed by atoms with van der Waals surface area (Å²) in [6.07, 6.45) is 1.11. The summed E-state index contributed by atoms with van der Waals surface area (Å²) < 4.78 is 22.2. The van der Waals surface area contributed by atoms with Crippen LogP contribution in [-0.4, -0.2) is 19.9 Å². The van der Waals surface area contributed by atoms with Gasteiger partial charge in [-0.05, 0) is 30.5 Å². The minimum absolute atomic E-state index is 0.0443. The third-order valence-corrected chi connectivity index (χ3v) is 4.35. The highest BCUT2D eigenvalue weighted by Gasteiger charge is 2.29. The second kappa shape index (κ2) is 6.34. The molecule has 0 aliphatic heterocycles. The number of primary sulfonamides is 1. The zero-order chi connectivity index (χ0) is 15.4. The maximum Gasteiger partial charge on any atom is 0.240 e. The van der Waals surface area contributed by atoms with Crippen molar-refractivity contribution in [3.8, 4) is 0 Å². The number of sulfonamides is 1. The average Bonchev–Trinajstić information content (AvgIpc) is 2.43. The molecule has 112 valence electrons. The van der Waals surface area contributed by atoms with Crippen molar-refractivity contribution in [1.29, 1.82) is 0 Å². The van der Waals surface area contributed by atoms with Gasteiger partial charge in [-0.2, -0.15) is 0 Å². The van der Waals surface area contributed by atoms with Crippen molar-refractivity contribution < 1.29 is 13.2 Å². The smallest absolute Gasteiger partial charge is 0.240 e. The van der Waals surface area contributed by atoms with Crippen LogP contribution in [0.25, 0.3) is 0 Å². The second-order valence-corrected chi connectivity index (χ2v) is 6.30. The van der Waals surface area contributed by atoms with Gasteiger partial charge in [0.25, 0.3) is 0 Å². The summed E-state index contributed by atoms with van der Waals surface area (Å²) >= 11 is 0. The predicted molar refractivity (Wildman–Crippen MR) is 77.2 cm³/mol.